The van der Waals surface area contributed by atoms with Gasteiger partial charge in [0.2, 0.25) is 5.91 Å². The van der Waals surface area contributed by atoms with E-state index in [4.69, 9.17) is 0 Å². The molecule has 0 aliphatic carbocycles. The zero-order chi connectivity index (χ0) is 9.97. The number of aromatic nitrogens is 2. The van der Waals surface area contributed by atoms with Crippen molar-refractivity contribution in [2.45, 2.75) is 12.5 Å². The average Bonchev–Trinajstić information content (AvgIpc) is 2.06. The maximum atomic E-state index is 11.4. The number of hydrogen-bond donors (Lipinski definition) is 3. The molecule has 0 radical (unpaired) electrons. The molecule has 0 aromatic carbocycles. The zero-order valence-corrected chi connectivity index (χ0v) is 7.41. The first kappa shape index (κ1) is 8.89. The van der Waals surface area contributed by atoms with Crippen LogP contribution >= 0.6 is 0 Å². The Morgan fingerprint density at radius 3 is 2.86 bits per heavy atom. The molecule has 1 fully saturated rings. The second-order valence-electron chi connectivity index (χ2n) is 3.09. The van der Waals surface area contributed by atoms with Crippen LogP contribution < -0.4 is 16.2 Å². The molecule has 1 aliphatic heterocycles. The van der Waals surface area contributed by atoms with Crippen LogP contribution in [-0.4, -0.2) is 28.7 Å². The molecule has 1 saturated heterocycles. The van der Waals surface area contributed by atoms with Gasteiger partial charge in [0, 0.05) is 6.07 Å². The summed E-state index contributed by atoms with van der Waals surface area (Å²) >= 11 is 0. The molecule has 14 heavy (non-hydrogen) atoms. The van der Waals surface area contributed by atoms with E-state index in [0.29, 0.717) is 5.82 Å². The predicted octanol–water partition coefficient (Wildman–Crippen LogP) is -0.930. The summed E-state index contributed by atoms with van der Waals surface area (Å²) in [6.07, 6.45) is 0.842. The fraction of sp³-hybridized carbons (Fsp3) is 0.375. The highest BCUT2D eigenvalue weighted by molar-refractivity contribution is 5.94. The molecule has 1 unspecified atom stereocenters. The third kappa shape index (κ3) is 1.80. The van der Waals surface area contributed by atoms with Crippen molar-refractivity contribution in [3.63, 3.8) is 0 Å². The quantitative estimate of drug-likeness (QED) is 0.567. The van der Waals surface area contributed by atoms with Crippen molar-refractivity contribution >= 4 is 11.7 Å². The number of rotatable bonds is 2. The van der Waals surface area contributed by atoms with Crippen LogP contribution in [-0.2, 0) is 4.79 Å². The molecule has 3 N–H and O–H groups in total. The Morgan fingerprint density at radius 2 is 2.36 bits per heavy atom. The topological polar surface area (TPSA) is 86.9 Å². The highest BCUT2D eigenvalue weighted by Gasteiger charge is 2.24. The van der Waals surface area contributed by atoms with Crippen molar-refractivity contribution < 1.29 is 4.79 Å². The summed E-state index contributed by atoms with van der Waals surface area (Å²) in [6, 6.07) is 2.66. The van der Waals surface area contributed by atoms with Gasteiger partial charge in [-0.3, -0.25) is 9.59 Å². The van der Waals surface area contributed by atoms with E-state index in [1.54, 1.807) is 0 Å². The number of carbonyl (C=O) groups excluding carboxylic acids is 1. The van der Waals surface area contributed by atoms with Gasteiger partial charge in [0.1, 0.15) is 0 Å². The Labute approximate surface area is 79.7 Å². The van der Waals surface area contributed by atoms with Crippen LogP contribution in [0.3, 0.4) is 0 Å². The molecular formula is C8H10N4O2. The lowest BCUT2D eigenvalue weighted by Crippen LogP contribution is -2.50. The first-order valence-electron chi connectivity index (χ1n) is 4.36. The molecule has 0 bridgehead atoms. The van der Waals surface area contributed by atoms with Gasteiger partial charge in [-0.25, -0.2) is 5.10 Å². The van der Waals surface area contributed by atoms with Gasteiger partial charge in [-0.05, 0) is 19.0 Å². The van der Waals surface area contributed by atoms with Gasteiger partial charge in [-0.1, -0.05) is 0 Å². The molecule has 0 spiro atoms. The summed E-state index contributed by atoms with van der Waals surface area (Å²) in [5.74, 6) is 0.249. The van der Waals surface area contributed by atoms with Crippen LogP contribution in [0.15, 0.2) is 16.9 Å². The minimum Gasteiger partial charge on any atom is -0.308 e. The number of nitrogens with zero attached hydrogens (tertiary/aromatic N) is 1. The van der Waals surface area contributed by atoms with Crippen LogP contribution in [0.2, 0.25) is 0 Å². The number of H-pyrrole nitrogens is 1. The largest absolute Gasteiger partial charge is 0.308 e. The number of anilines is 1. The van der Waals surface area contributed by atoms with E-state index in [1.807, 2.05) is 0 Å². The summed E-state index contributed by atoms with van der Waals surface area (Å²) in [6.45, 7) is 0.872. The van der Waals surface area contributed by atoms with Crippen LogP contribution in [0.25, 0.3) is 0 Å². The van der Waals surface area contributed by atoms with Crippen molar-refractivity contribution in [2.75, 3.05) is 11.9 Å². The first-order valence-corrected chi connectivity index (χ1v) is 4.36. The van der Waals surface area contributed by atoms with Crippen molar-refractivity contribution in [3.8, 4) is 0 Å². The SMILES string of the molecule is O=C(Nc1ccc(=O)[nH]n1)C1CCN1. The van der Waals surface area contributed by atoms with Gasteiger partial charge < -0.3 is 10.6 Å². The van der Waals surface area contributed by atoms with E-state index >= 15 is 0 Å². The van der Waals surface area contributed by atoms with Crippen molar-refractivity contribution in [1.29, 1.82) is 0 Å². The van der Waals surface area contributed by atoms with Crippen molar-refractivity contribution in [1.82, 2.24) is 15.5 Å². The molecular weight excluding hydrogens is 184 g/mol. The molecule has 1 amide bonds. The Morgan fingerprint density at radius 1 is 1.57 bits per heavy atom. The van der Waals surface area contributed by atoms with Crippen molar-refractivity contribution in [3.05, 3.63) is 22.5 Å². The number of aromatic amines is 1. The van der Waals surface area contributed by atoms with Gasteiger partial charge in [0.25, 0.3) is 5.56 Å². The number of amides is 1. The molecule has 1 atom stereocenters. The number of carbonyl (C=O) groups is 1. The van der Waals surface area contributed by atoms with Gasteiger partial charge >= 0.3 is 0 Å². The molecule has 6 heteroatoms. The molecule has 74 valence electrons. The lowest BCUT2D eigenvalue weighted by molar-refractivity contribution is -0.119. The van der Waals surface area contributed by atoms with Gasteiger partial charge in [0.15, 0.2) is 5.82 Å². The summed E-state index contributed by atoms with van der Waals surface area (Å²) in [5.41, 5.74) is -0.287. The second kappa shape index (κ2) is 3.59. The molecule has 2 rings (SSSR count). The van der Waals surface area contributed by atoms with E-state index in [1.165, 1.54) is 12.1 Å². The number of nitrogens with one attached hydrogen (secondary N) is 3. The Kier molecular flexibility index (Phi) is 2.28. The van der Waals surface area contributed by atoms with E-state index in [2.05, 4.69) is 20.8 Å². The van der Waals surface area contributed by atoms with Crippen LogP contribution in [0.4, 0.5) is 5.82 Å². The fourth-order valence-electron chi connectivity index (χ4n) is 1.14. The smallest absolute Gasteiger partial charge is 0.264 e. The van der Waals surface area contributed by atoms with Gasteiger partial charge in [0.05, 0.1) is 6.04 Å². The van der Waals surface area contributed by atoms with E-state index in [9.17, 15) is 9.59 Å². The maximum absolute atomic E-state index is 11.4. The van der Waals surface area contributed by atoms with E-state index in [-0.39, 0.29) is 17.5 Å². The lowest BCUT2D eigenvalue weighted by atomic mass is 10.1. The summed E-state index contributed by atoms with van der Waals surface area (Å²) in [5, 5.41) is 11.5. The molecule has 6 nitrogen and oxygen atoms in total. The molecule has 2 heterocycles. The van der Waals surface area contributed by atoms with Gasteiger partial charge in [-0.15, -0.1) is 0 Å². The third-order valence-electron chi connectivity index (χ3n) is 2.07. The van der Waals surface area contributed by atoms with Gasteiger partial charge in [-0.2, -0.15) is 5.10 Å². The minimum absolute atomic E-state index is 0.115. The average molecular weight is 194 g/mol. The van der Waals surface area contributed by atoms with Crippen LogP contribution in [0, 0.1) is 0 Å². The summed E-state index contributed by atoms with van der Waals surface area (Å²) < 4.78 is 0. The summed E-state index contributed by atoms with van der Waals surface area (Å²) in [4.78, 5) is 22.0. The molecule has 1 aromatic rings. The normalized spacial score (nSPS) is 19.9. The Balaban J connectivity index is 1.99. The fourth-order valence-corrected chi connectivity index (χ4v) is 1.14. The van der Waals surface area contributed by atoms with E-state index < -0.39 is 0 Å². The number of hydrogen-bond acceptors (Lipinski definition) is 4. The van der Waals surface area contributed by atoms with Crippen LogP contribution in [0.1, 0.15) is 6.42 Å². The maximum Gasteiger partial charge on any atom is 0.264 e. The standard InChI is InChI=1S/C8H10N4O2/c13-7-2-1-6(11-12-7)10-8(14)5-3-4-9-5/h1-2,5,9H,3-4H2,(H,12,13)(H,10,11,14). The Hall–Kier alpha value is -1.69. The lowest BCUT2D eigenvalue weighted by Gasteiger charge is -2.25. The van der Waals surface area contributed by atoms with E-state index in [0.717, 1.165) is 13.0 Å². The minimum atomic E-state index is -0.287. The summed E-state index contributed by atoms with van der Waals surface area (Å²) in [7, 11) is 0. The second-order valence-corrected chi connectivity index (χ2v) is 3.09. The molecule has 0 saturated carbocycles. The van der Waals surface area contributed by atoms with Crippen LogP contribution in [0.5, 0.6) is 0 Å². The molecule has 1 aromatic heterocycles. The highest BCUT2D eigenvalue weighted by atomic mass is 16.2. The highest BCUT2D eigenvalue weighted by Crippen LogP contribution is 2.05. The van der Waals surface area contributed by atoms with Crippen molar-refractivity contribution in [2.24, 2.45) is 0 Å². The first-order chi connectivity index (χ1) is 6.75. The Bertz CT molecular complexity index is 376. The third-order valence-corrected chi connectivity index (χ3v) is 2.07. The molecule has 1 aliphatic rings. The zero-order valence-electron chi connectivity index (χ0n) is 7.41. The monoisotopic (exact) mass is 194 g/mol. The predicted molar refractivity (Wildman–Crippen MR) is 49.9 cm³/mol.